The van der Waals surface area contributed by atoms with Crippen LogP contribution in [0.2, 0.25) is 0 Å². The van der Waals surface area contributed by atoms with Crippen LogP contribution in [0.1, 0.15) is 24.8 Å². The molecule has 0 unspecified atom stereocenters. The van der Waals surface area contributed by atoms with Crippen molar-refractivity contribution in [2.75, 3.05) is 0 Å². The molecule has 0 radical (unpaired) electrons. The highest BCUT2D eigenvalue weighted by Gasteiger charge is 2.37. The number of aryl methyl sites for hydroxylation is 2. The molecular weight excluding hydrogens is 200 g/mol. The average Bonchev–Trinajstić information content (AvgIpc) is 2.94. The lowest BCUT2D eigenvalue weighted by Gasteiger charge is -2.06. The molecule has 2 aromatic rings. The second kappa shape index (κ2) is 3.28. The monoisotopic (exact) mass is 216 g/mol. The Bertz CT molecular complexity index is 525. The van der Waals surface area contributed by atoms with E-state index in [1.807, 2.05) is 13.2 Å². The minimum Gasteiger partial charge on any atom is -0.335 e. The van der Waals surface area contributed by atoms with Gasteiger partial charge in [-0.2, -0.15) is 0 Å². The zero-order chi connectivity index (χ0) is 11.2. The van der Waals surface area contributed by atoms with Gasteiger partial charge in [0, 0.05) is 30.4 Å². The van der Waals surface area contributed by atoms with Gasteiger partial charge in [-0.15, -0.1) is 0 Å². The maximum absolute atomic E-state index is 6.11. The van der Waals surface area contributed by atoms with E-state index in [9.17, 15) is 0 Å². The quantitative estimate of drug-likeness (QED) is 0.843. The molecule has 0 spiro atoms. The molecule has 0 aromatic carbocycles. The fourth-order valence-corrected chi connectivity index (χ4v) is 2.19. The van der Waals surface area contributed by atoms with Crippen molar-refractivity contribution in [2.24, 2.45) is 12.8 Å². The van der Waals surface area contributed by atoms with Crippen LogP contribution in [-0.2, 0) is 13.5 Å². The SMILES string of the molecule is Cn1cc(CCC2(N)CC2)c2cncnc21. The predicted octanol–water partition coefficient (Wildman–Crippen LogP) is 1.39. The van der Waals surface area contributed by atoms with Gasteiger partial charge in [0.05, 0.1) is 0 Å². The molecule has 0 bridgehead atoms. The summed E-state index contributed by atoms with van der Waals surface area (Å²) in [5.74, 6) is 0. The van der Waals surface area contributed by atoms with Crippen molar-refractivity contribution in [1.29, 1.82) is 0 Å². The van der Waals surface area contributed by atoms with Crippen LogP contribution in [0.4, 0.5) is 0 Å². The highest BCUT2D eigenvalue weighted by molar-refractivity contribution is 5.79. The summed E-state index contributed by atoms with van der Waals surface area (Å²) in [4.78, 5) is 8.37. The Balaban J connectivity index is 1.91. The van der Waals surface area contributed by atoms with Crippen molar-refractivity contribution in [3.63, 3.8) is 0 Å². The van der Waals surface area contributed by atoms with Crippen LogP contribution in [0.15, 0.2) is 18.7 Å². The minimum atomic E-state index is 0.123. The molecule has 2 N–H and O–H groups in total. The number of fused-ring (bicyclic) bond motifs is 1. The zero-order valence-corrected chi connectivity index (χ0v) is 9.48. The summed E-state index contributed by atoms with van der Waals surface area (Å²) < 4.78 is 2.06. The predicted molar refractivity (Wildman–Crippen MR) is 63.0 cm³/mol. The van der Waals surface area contributed by atoms with Gasteiger partial charge in [0.1, 0.15) is 12.0 Å². The lowest BCUT2D eigenvalue weighted by Crippen LogP contribution is -2.21. The third-order valence-electron chi connectivity index (χ3n) is 3.51. The number of rotatable bonds is 3. The molecule has 84 valence electrons. The summed E-state index contributed by atoms with van der Waals surface area (Å²) >= 11 is 0. The van der Waals surface area contributed by atoms with E-state index in [0.717, 1.165) is 23.9 Å². The summed E-state index contributed by atoms with van der Waals surface area (Å²) in [7, 11) is 2.02. The molecule has 2 heterocycles. The van der Waals surface area contributed by atoms with Crippen LogP contribution in [0, 0.1) is 0 Å². The molecule has 2 aromatic heterocycles. The van der Waals surface area contributed by atoms with Gasteiger partial charge >= 0.3 is 0 Å². The van der Waals surface area contributed by atoms with E-state index in [1.54, 1.807) is 6.33 Å². The van der Waals surface area contributed by atoms with E-state index in [2.05, 4.69) is 20.7 Å². The van der Waals surface area contributed by atoms with E-state index in [-0.39, 0.29) is 5.54 Å². The van der Waals surface area contributed by atoms with Crippen molar-refractivity contribution in [3.05, 3.63) is 24.3 Å². The maximum Gasteiger partial charge on any atom is 0.143 e. The van der Waals surface area contributed by atoms with Gasteiger partial charge < -0.3 is 10.3 Å². The van der Waals surface area contributed by atoms with Gasteiger partial charge in [-0.3, -0.25) is 0 Å². The maximum atomic E-state index is 6.11. The summed E-state index contributed by atoms with van der Waals surface area (Å²) in [5.41, 5.74) is 8.55. The van der Waals surface area contributed by atoms with Crippen LogP contribution in [0.5, 0.6) is 0 Å². The first-order chi connectivity index (χ1) is 7.68. The van der Waals surface area contributed by atoms with Crippen LogP contribution in [0.3, 0.4) is 0 Å². The standard InChI is InChI=1S/C12H16N4/c1-16-7-9(2-3-12(13)4-5-12)10-6-14-8-15-11(10)16/h6-8H,2-5,13H2,1H3. The van der Waals surface area contributed by atoms with E-state index in [4.69, 9.17) is 5.73 Å². The highest BCUT2D eigenvalue weighted by atomic mass is 15.0. The van der Waals surface area contributed by atoms with E-state index in [1.165, 1.54) is 18.4 Å². The van der Waals surface area contributed by atoms with Crippen LogP contribution in [0.25, 0.3) is 11.0 Å². The Morgan fingerprint density at radius 3 is 3.06 bits per heavy atom. The first-order valence-electron chi connectivity index (χ1n) is 5.71. The molecule has 1 aliphatic carbocycles. The molecule has 0 amide bonds. The summed E-state index contributed by atoms with van der Waals surface area (Å²) in [6, 6.07) is 0. The zero-order valence-electron chi connectivity index (χ0n) is 9.48. The topological polar surface area (TPSA) is 56.7 Å². The van der Waals surface area contributed by atoms with Gasteiger partial charge in [0.2, 0.25) is 0 Å². The number of hydrogen-bond donors (Lipinski definition) is 1. The molecule has 1 aliphatic rings. The van der Waals surface area contributed by atoms with Gasteiger partial charge in [-0.1, -0.05) is 0 Å². The third kappa shape index (κ3) is 1.59. The lowest BCUT2D eigenvalue weighted by atomic mass is 10.1. The Kier molecular flexibility index (Phi) is 2.01. The molecule has 0 atom stereocenters. The summed E-state index contributed by atoms with van der Waals surface area (Å²) in [5, 5.41) is 1.16. The fraction of sp³-hybridized carbons (Fsp3) is 0.500. The third-order valence-corrected chi connectivity index (χ3v) is 3.51. The van der Waals surface area contributed by atoms with Crippen molar-refractivity contribution >= 4 is 11.0 Å². The number of aromatic nitrogens is 3. The number of nitrogens with two attached hydrogens (primary N) is 1. The second-order valence-electron chi connectivity index (χ2n) is 4.89. The largest absolute Gasteiger partial charge is 0.335 e. The molecule has 1 saturated carbocycles. The highest BCUT2D eigenvalue weighted by Crippen LogP contribution is 2.37. The number of nitrogens with zero attached hydrogens (tertiary/aromatic N) is 3. The van der Waals surface area contributed by atoms with Crippen LogP contribution >= 0.6 is 0 Å². The van der Waals surface area contributed by atoms with Crippen molar-refractivity contribution in [1.82, 2.24) is 14.5 Å². The molecule has 3 rings (SSSR count). The molecule has 16 heavy (non-hydrogen) atoms. The fourth-order valence-electron chi connectivity index (χ4n) is 2.19. The normalized spacial score (nSPS) is 17.9. The first-order valence-corrected chi connectivity index (χ1v) is 5.71. The van der Waals surface area contributed by atoms with Gasteiger partial charge in [0.15, 0.2) is 0 Å². The van der Waals surface area contributed by atoms with Crippen molar-refractivity contribution < 1.29 is 0 Å². The molecule has 0 saturated heterocycles. The number of hydrogen-bond acceptors (Lipinski definition) is 3. The molecule has 1 fully saturated rings. The average molecular weight is 216 g/mol. The Labute approximate surface area is 94.5 Å². The van der Waals surface area contributed by atoms with Crippen LogP contribution < -0.4 is 5.73 Å². The summed E-state index contributed by atoms with van der Waals surface area (Å²) in [6.07, 6.45) is 10.1. The van der Waals surface area contributed by atoms with Gasteiger partial charge in [-0.05, 0) is 31.2 Å². The smallest absolute Gasteiger partial charge is 0.143 e. The van der Waals surface area contributed by atoms with Gasteiger partial charge in [-0.25, -0.2) is 9.97 Å². The molecule has 0 aliphatic heterocycles. The first kappa shape index (κ1) is 9.78. The molecule has 4 heteroatoms. The van der Waals surface area contributed by atoms with E-state index < -0.39 is 0 Å². The Morgan fingerprint density at radius 1 is 1.50 bits per heavy atom. The van der Waals surface area contributed by atoms with Gasteiger partial charge in [0.25, 0.3) is 0 Å². The van der Waals surface area contributed by atoms with Crippen molar-refractivity contribution in [3.8, 4) is 0 Å². The van der Waals surface area contributed by atoms with Crippen LogP contribution in [-0.4, -0.2) is 20.1 Å². The van der Waals surface area contributed by atoms with E-state index >= 15 is 0 Å². The second-order valence-corrected chi connectivity index (χ2v) is 4.89. The Hall–Kier alpha value is -1.42. The lowest BCUT2D eigenvalue weighted by molar-refractivity contribution is 0.610. The van der Waals surface area contributed by atoms with E-state index in [0.29, 0.717) is 0 Å². The molecule has 4 nitrogen and oxygen atoms in total. The summed E-state index contributed by atoms with van der Waals surface area (Å²) in [6.45, 7) is 0. The molecular formula is C12H16N4. The van der Waals surface area contributed by atoms with Crippen molar-refractivity contribution in [2.45, 2.75) is 31.2 Å². The minimum absolute atomic E-state index is 0.123. The Morgan fingerprint density at radius 2 is 2.31 bits per heavy atom.